The number of hydrogen-bond donors (Lipinski definition) is 0. The van der Waals surface area contributed by atoms with Crippen molar-refractivity contribution in [1.29, 1.82) is 0 Å². The summed E-state index contributed by atoms with van der Waals surface area (Å²) in [5.74, 6) is 1.13. The van der Waals surface area contributed by atoms with E-state index in [4.69, 9.17) is 25.7 Å². The molecule has 0 N–H and O–H groups in total. The van der Waals surface area contributed by atoms with Gasteiger partial charge in [0.25, 0.3) is 5.90 Å². The van der Waals surface area contributed by atoms with E-state index in [0.29, 0.717) is 11.7 Å². The van der Waals surface area contributed by atoms with Gasteiger partial charge in [0, 0.05) is 32.9 Å². The third kappa shape index (κ3) is 2.59. The van der Waals surface area contributed by atoms with Gasteiger partial charge in [0.15, 0.2) is 5.76 Å². The lowest BCUT2D eigenvalue weighted by atomic mass is 10.2. The molecule has 0 amide bonds. The summed E-state index contributed by atoms with van der Waals surface area (Å²) >= 11 is 6.11. The van der Waals surface area contributed by atoms with Crippen molar-refractivity contribution in [2.24, 2.45) is 4.99 Å². The van der Waals surface area contributed by atoms with E-state index < -0.39 is 6.42 Å². The van der Waals surface area contributed by atoms with Crippen LogP contribution in [0, 0.1) is 0 Å². The van der Waals surface area contributed by atoms with E-state index in [9.17, 15) is 0 Å². The minimum Gasteiger partial charge on any atom is -0.459 e. The maximum absolute atomic E-state index is 6.32. The van der Waals surface area contributed by atoms with Crippen LogP contribution in [0.5, 0.6) is 0 Å². The first kappa shape index (κ1) is 15.9. The first-order valence-electron chi connectivity index (χ1n) is 8.07. The molecule has 5 nitrogen and oxygen atoms in total. The molecule has 1 aromatic carbocycles. The van der Waals surface area contributed by atoms with E-state index in [2.05, 4.69) is 27.8 Å². The Bertz CT molecular complexity index is 826. The molecule has 24 heavy (non-hydrogen) atoms. The molecule has 0 aliphatic carbocycles. The molecular weight excluding hydrogens is 341 g/mol. The minimum absolute atomic E-state index is 0.499. The summed E-state index contributed by atoms with van der Waals surface area (Å²) in [6, 6.07) is 9.96. The van der Waals surface area contributed by atoms with Gasteiger partial charge in [0.1, 0.15) is 0 Å². The molecule has 1 saturated heterocycles. The van der Waals surface area contributed by atoms with E-state index >= 15 is 0 Å². The summed E-state index contributed by atoms with van der Waals surface area (Å²) in [6.07, 6.45) is 1.62. The SMILES string of the molecule is CN(C)c1ccc2c(c1)N=C(c1ccco1)OP2(=S)N1CCCC1. The van der Waals surface area contributed by atoms with E-state index in [-0.39, 0.29) is 0 Å². The second-order valence-electron chi connectivity index (χ2n) is 6.23. The third-order valence-corrected chi connectivity index (χ3v) is 8.46. The molecule has 1 aromatic heterocycles. The van der Waals surface area contributed by atoms with Gasteiger partial charge in [0.05, 0.1) is 17.3 Å². The van der Waals surface area contributed by atoms with Gasteiger partial charge in [-0.1, -0.05) is 0 Å². The third-order valence-electron chi connectivity index (χ3n) is 4.40. The summed E-state index contributed by atoms with van der Waals surface area (Å²) < 4.78 is 14.2. The van der Waals surface area contributed by atoms with Crippen LogP contribution in [0.25, 0.3) is 0 Å². The first-order valence-corrected chi connectivity index (χ1v) is 10.7. The van der Waals surface area contributed by atoms with Crippen LogP contribution < -0.4 is 10.2 Å². The molecule has 2 aromatic rings. The molecule has 2 aliphatic rings. The molecule has 1 unspecified atom stereocenters. The highest BCUT2D eigenvalue weighted by molar-refractivity contribution is 8.15. The standard InChI is InChI=1S/C17H20N3O2PS/c1-19(2)13-7-8-16-14(12-13)18-17(15-6-5-11-21-15)22-23(16,24)20-9-3-4-10-20/h5-8,11-12H,3-4,9-10H2,1-2H3. The van der Waals surface area contributed by atoms with Crippen molar-refractivity contribution >= 4 is 40.8 Å². The average molecular weight is 361 g/mol. The molecular formula is C17H20N3O2PS. The highest BCUT2D eigenvalue weighted by Gasteiger charge is 2.39. The summed E-state index contributed by atoms with van der Waals surface area (Å²) in [5.41, 5.74) is 2.00. The van der Waals surface area contributed by atoms with Crippen molar-refractivity contribution in [3.8, 4) is 0 Å². The fourth-order valence-electron chi connectivity index (χ4n) is 3.09. The van der Waals surface area contributed by atoms with E-state index in [0.717, 1.165) is 29.8 Å². The molecule has 3 heterocycles. The second-order valence-corrected chi connectivity index (χ2v) is 9.99. The number of furan rings is 1. The van der Waals surface area contributed by atoms with Gasteiger partial charge in [-0.05, 0) is 55.0 Å². The molecule has 1 atom stereocenters. The van der Waals surface area contributed by atoms with Gasteiger partial charge >= 0.3 is 0 Å². The number of rotatable bonds is 3. The number of fused-ring (bicyclic) bond motifs is 1. The van der Waals surface area contributed by atoms with Gasteiger partial charge in [-0.3, -0.25) is 0 Å². The van der Waals surface area contributed by atoms with E-state index in [1.165, 1.54) is 12.8 Å². The zero-order valence-electron chi connectivity index (χ0n) is 13.8. The summed E-state index contributed by atoms with van der Waals surface area (Å²) in [7, 11) is 4.05. The van der Waals surface area contributed by atoms with Gasteiger partial charge in [-0.2, -0.15) is 0 Å². The molecule has 2 aliphatic heterocycles. The van der Waals surface area contributed by atoms with Crippen LogP contribution in [-0.2, 0) is 16.3 Å². The van der Waals surface area contributed by atoms with Gasteiger partial charge in [-0.15, -0.1) is 0 Å². The number of anilines is 1. The Balaban J connectivity index is 1.87. The summed E-state index contributed by atoms with van der Waals surface area (Å²) in [5, 5.41) is 1.04. The zero-order chi connectivity index (χ0) is 16.7. The molecule has 0 radical (unpaired) electrons. The maximum atomic E-state index is 6.32. The summed E-state index contributed by atoms with van der Waals surface area (Å²) in [4.78, 5) is 6.77. The van der Waals surface area contributed by atoms with E-state index in [1.807, 2.05) is 26.2 Å². The highest BCUT2D eigenvalue weighted by atomic mass is 32.4. The predicted molar refractivity (Wildman–Crippen MR) is 101 cm³/mol. The molecule has 0 saturated carbocycles. The lowest BCUT2D eigenvalue weighted by molar-refractivity contribution is 0.465. The van der Waals surface area contributed by atoms with E-state index in [1.54, 1.807) is 6.26 Å². The Morgan fingerprint density at radius 1 is 1.21 bits per heavy atom. The van der Waals surface area contributed by atoms with Crippen molar-refractivity contribution in [3.63, 3.8) is 0 Å². The molecule has 0 bridgehead atoms. The maximum Gasteiger partial charge on any atom is 0.262 e. The smallest absolute Gasteiger partial charge is 0.262 e. The Labute approximate surface area is 147 Å². The minimum atomic E-state index is -2.34. The van der Waals surface area contributed by atoms with Crippen LogP contribution in [-0.4, -0.2) is 37.8 Å². The number of aliphatic imine (C=N–C) groups is 1. The topological polar surface area (TPSA) is 41.2 Å². The highest BCUT2D eigenvalue weighted by Crippen LogP contribution is 2.56. The van der Waals surface area contributed by atoms with Crippen LogP contribution in [0.3, 0.4) is 0 Å². The molecule has 4 rings (SSSR count). The predicted octanol–water partition coefficient (Wildman–Crippen LogP) is 3.48. The quantitative estimate of drug-likeness (QED) is 0.783. The summed E-state index contributed by atoms with van der Waals surface area (Å²) in [6.45, 7) is 1.97. The monoisotopic (exact) mass is 361 g/mol. The Kier molecular flexibility index (Phi) is 3.99. The number of hydrogen-bond acceptors (Lipinski definition) is 5. The molecule has 1 fully saturated rings. The van der Waals surface area contributed by atoms with Crippen LogP contribution in [0.1, 0.15) is 18.6 Å². The molecule has 126 valence electrons. The van der Waals surface area contributed by atoms with Crippen molar-refractivity contribution in [2.45, 2.75) is 12.8 Å². The second kappa shape index (κ2) is 6.03. The van der Waals surface area contributed by atoms with Gasteiger partial charge in [-0.25, -0.2) is 9.66 Å². The van der Waals surface area contributed by atoms with Crippen molar-refractivity contribution in [1.82, 2.24) is 4.67 Å². The number of benzene rings is 1. The fraction of sp³-hybridized carbons (Fsp3) is 0.353. The molecule has 0 spiro atoms. The van der Waals surface area contributed by atoms with Crippen LogP contribution in [0.2, 0.25) is 0 Å². The van der Waals surface area contributed by atoms with Crippen molar-refractivity contribution in [3.05, 3.63) is 42.4 Å². The Morgan fingerprint density at radius 3 is 2.67 bits per heavy atom. The fourth-order valence-corrected chi connectivity index (χ4v) is 6.61. The first-order chi connectivity index (χ1) is 11.6. The lowest BCUT2D eigenvalue weighted by Crippen LogP contribution is -2.29. The largest absolute Gasteiger partial charge is 0.459 e. The Morgan fingerprint density at radius 2 is 2.00 bits per heavy atom. The van der Waals surface area contributed by atoms with Gasteiger partial charge < -0.3 is 13.8 Å². The normalized spacial score (nSPS) is 23.5. The Hall–Kier alpha value is -1.62. The van der Waals surface area contributed by atoms with Crippen molar-refractivity contribution in [2.75, 3.05) is 32.1 Å². The van der Waals surface area contributed by atoms with Crippen LogP contribution in [0.4, 0.5) is 11.4 Å². The molecule has 7 heteroatoms. The zero-order valence-corrected chi connectivity index (χ0v) is 15.5. The average Bonchev–Trinajstić information content (AvgIpc) is 3.27. The van der Waals surface area contributed by atoms with Gasteiger partial charge in [0.2, 0.25) is 6.42 Å². The number of nitrogens with zero attached hydrogens (tertiary/aromatic N) is 3. The lowest BCUT2D eigenvalue weighted by Gasteiger charge is -2.35. The van der Waals surface area contributed by atoms with Crippen LogP contribution in [0.15, 0.2) is 46.0 Å². The van der Waals surface area contributed by atoms with Crippen LogP contribution >= 0.6 is 6.42 Å². The van der Waals surface area contributed by atoms with Crippen molar-refractivity contribution < 1.29 is 8.94 Å².